The van der Waals surface area contributed by atoms with E-state index in [-0.39, 0.29) is 0 Å². The fourth-order valence-electron chi connectivity index (χ4n) is 3.45. The SMILES string of the molecule is CCO[C@]1(c2ccccc2)c2ccccc2CCC[C@@H]1F. The molecule has 1 aliphatic rings. The number of rotatable bonds is 3. The number of ether oxygens (including phenoxy) is 1. The lowest BCUT2D eigenvalue weighted by Gasteiger charge is -2.37. The zero-order valence-corrected chi connectivity index (χ0v) is 12.4. The largest absolute Gasteiger partial charge is 0.363 e. The highest BCUT2D eigenvalue weighted by Crippen LogP contribution is 2.44. The first-order valence-corrected chi connectivity index (χ1v) is 7.71. The van der Waals surface area contributed by atoms with Crippen molar-refractivity contribution in [2.45, 2.75) is 38.0 Å². The maximum atomic E-state index is 15.2. The molecule has 21 heavy (non-hydrogen) atoms. The molecule has 2 aromatic carbocycles. The van der Waals surface area contributed by atoms with Gasteiger partial charge >= 0.3 is 0 Å². The minimum absolute atomic E-state index is 0.490. The number of benzene rings is 2. The third-order valence-corrected chi connectivity index (χ3v) is 4.34. The van der Waals surface area contributed by atoms with Crippen LogP contribution in [-0.2, 0) is 16.8 Å². The maximum absolute atomic E-state index is 15.2. The van der Waals surface area contributed by atoms with E-state index < -0.39 is 11.8 Å². The Kier molecular flexibility index (Phi) is 4.07. The third-order valence-electron chi connectivity index (χ3n) is 4.34. The molecule has 110 valence electrons. The first-order valence-electron chi connectivity index (χ1n) is 7.71. The molecule has 0 radical (unpaired) electrons. The molecule has 0 fully saturated rings. The Morgan fingerprint density at radius 3 is 2.57 bits per heavy atom. The van der Waals surface area contributed by atoms with Gasteiger partial charge in [-0.25, -0.2) is 4.39 Å². The van der Waals surface area contributed by atoms with Gasteiger partial charge in [0.15, 0.2) is 0 Å². The van der Waals surface area contributed by atoms with Gasteiger partial charge in [-0.3, -0.25) is 0 Å². The van der Waals surface area contributed by atoms with Gasteiger partial charge in [-0.2, -0.15) is 0 Å². The Labute approximate surface area is 125 Å². The minimum Gasteiger partial charge on any atom is -0.363 e. The Hall–Kier alpha value is -1.67. The van der Waals surface area contributed by atoms with Gasteiger partial charge in [0.2, 0.25) is 0 Å². The van der Waals surface area contributed by atoms with Gasteiger partial charge in [0, 0.05) is 6.61 Å². The highest BCUT2D eigenvalue weighted by molar-refractivity contribution is 5.44. The summed E-state index contributed by atoms with van der Waals surface area (Å²) in [6.45, 7) is 2.43. The number of alkyl halides is 1. The van der Waals surface area contributed by atoms with E-state index in [1.807, 2.05) is 55.5 Å². The van der Waals surface area contributed by atoms with Crippen LogP contribution in [0.2, 0.25) is 0 Å². The van der Waals surface area contributed by atoms with Crippen LogP contribution in [0, 0.1) is 0 Å². The van der Waals surface area contributed by atoms with Gasteiger partial charge in [-0.15, -0.1) is 0 Å². The molecular formula is C19H21FO. The van der Waals surface area contributed by atoms with Crippen molar-refractivity contribution >= 4 is 0 Å². The van der Waals surface area contributed by atoms with Crippen molar-refractivity contribution in [2.24, 2.45) is 0 Å². The number of fused-ring (bicyclic) bond motifs is 1. The lowest BCUT2D eigenvalue weighted by Crippen LogP contribution is -2.41. The standard InChI is InChI=1S/C19H21FO/c1-2-21-19(16-11-4-3-5-12-16)17-13-7-6-9-15(17)10-8-14-18(19)20/h3-7,9,11-13,18H,2,8,10,14H2,1H3/t18-,19+/m0/s1. The van der Waals surface area contributed by atoms with Crippen molar-refractivity contribution in [1.29, 1.82) is 0 Å². The first kappa shape index (κ1) is 14.3. The van der Waals surface area contributed by atoms with Gasteiger partial charge in [0.05, 0.1) is 0 Å². The summed E-state index contributed by atoms with van der Waals surface area (Å²) in [6.07, 6.45) is 1.28. The number of hydrogen-bond acceptors (Lipinski definition) is 1. The molecule has 1 nitrogen and oxygen atoms in total. The zero-order chi connectivity index (χ0) is 14.7. The highest BCUT2D eigenvalue weighted by Gasteiger charge is 2.45. The molecule has 0 saturated heterocycles. The molecule has 0 amide bonds. The molecule has 0 bridgehead atoms. The Morgan fingerprint density at radius 1 is 1.10 bits per heavy atom. The predicted molar refractivity (Wildman–Crippen MR) is 83.1 cm³/mol. The van der Waals surface area contributed by atoms with E-state index in [1.165, 1.54) is 5.56 Å². The fraction of sp³-hybridized carbons (Fsp3) is 0.368. The van der Waals surface area contributed by atoms with E-state index in [1.54, 1.807) is 0 Å². The minimum atomic E-state index is -1.02. The Balaban J connectivity index is 2.25. The van der Waals surface area contributed by atoms with Crippen molar-refractivity contribution in [1.82, 2.24) is 0 Å². The van der Waals surface area contributed by atoms with Gasteiger partial charge in [0.1, 0.15) is 11.8 Å². The van der Waals surface area contributed by atoms with Crippen molar-refractivity contribution in [3.63, 3.8) is 0 Å². The molecule has 0 unspecified atom stereocenters. The van der Waals surface area contributed by atoms with Crippen molar-refractivity contribution in [3.8, 4) is 0 Å². The van der Waals surface area contributed by atoms with E-state index in [0.29, 0.717) is 13.0 Å². The number of halogens is 1. The van der Waals surface area contributed by atoms with Crippen LogP contribution < -0.4 is 0 Å². The summed E-state index contributed by atoms with van der Waals surface area (Å²) in [7, 11) is 0. The smallest absolute Gasteiger partial charge is 0.149 e. The summed E-state index contributed by atoms with van der Waals surface area (Å²) in [4.78, 5) is 0. The summed E-state index contributed by atoms with van der Waals surface area (Å²) in [5.74, 6) is 0. The molecule has 0 saturated carbocycles. The van der Waals surface area contributed by atoms with Crippen molar-refractivity contribution < 1.29 is 9.13 Å². The topological polar surface area (TPSA) is 9.23 Å². The fourth-order valence-corrected chi connectivity index (χ4v) is 3.45. The summed E-state index contributed by atoms with van der Waals surface area (Å²) in [5, 5.41) is 0. The molecule has 0 aromatic heterocycles. The van der Waals surface area contributed by atoms with Gasteiger partial charge < -0.3 is 4.74 Å². The Morgan fingerprint density at radius 2 is 1.81 bits per heavy atom. The van der Waals surface area contributed by atoms with E-state index >= 15 is 4.39 Å². The van der Waals surface area contributed by atoms with E-state index in [9.17, 15) is 0 Å². The monoisotopic (exact) mass is 284 g/mol. The van der Waals surface area contributed by atoms with Crippen LogP contribution in [-0.4, -0.2) is 12.8 Å². The Bertz CT molecular complexity index is 596. The molecule has 2 aromatic rings. The quantitative estimate of drug-likeness (QED) is 0.746. The molecule has 0 N–H and O–H groups in total. The van der Waals surface area contributed by atoms with Crippen LogP contribution >= 0.6 is 0 Å². The normalized spacial score (nSPS) is 25.1. The summed E-state index contributed by atoms with van der Waals surface area (Å²) < 4.78 is 21.3. The molecule has 1 aliphatic carbocycles. The van der Waals surface area contributed by atoms with Gasteiger partial charge in [-0.1, -0.05) is 54.6 Å². The lowest BCUT2D eigenvalue weighted by molar-refractivity contribution is -0.0689. The van der Waals surface area contributed by atoms with Crippen LogP contribution in [0.3, 0.4) is 0 Å². The average molecular weight is 284 g/mol. The summed E-state index contributed by atoms with van der Waals surface area (Å²) in [5.41, 5.74) is 2.13. The highest BCUT2D eigenvalue weighted by atomic mass is 19.1. The zero-order valence-electron chi connectivity index (χ0n) is 12.4. The molecule has 0 aliphatic heterocycles. The van der Waals surface area contributed by atoms with Crippen molar-refractivity contribution in [2.75, 3.05) is 6.61 Å². The van der Waals surface area contributed by atoms with Crippen LogP contribution in [0.4, 0.5) is 4.39 Å². The molecule has 0 spiro atoms. The second-order valence-corrected chi connectivity index (χ2v) is 5.55. The summed E-state index contributed by atoms with van der Waals surface area (Å²) in [6, 6.07) is 18.0. The lowest BCUT2D eigenvalue weighted by atomic mass is 9.80. The maximum Gasteiger partial charge on any atom is 0.149 e. The molecule has 3 rings (SSSR count). The molecule has 2 atom stereocenters. The van der Waals surface area contributed by atoms with E-state index in [4.69, 9.17) is 4.74 Å². The van der Waals surface area contributed by atoms with Crippen LogP contribution in [0.1, 0.15) is 36.5 Å². The van der Waals surface area contributed by atoms with E-state index in [0.717, 1.165) is 24.0 Å². The first-order chi connectivity index (χ1) is 10.3. The van der Waals surface area contributed by atoms with Crippen molar-refractivity contribution in [3.05, 3.63) is 71.3 Å². The number of aryl methyl sites for hydroxylation is 1. The van der Waals surface area contributed by atoms with E-state index in [2.05, 4.69) is 6.07 Å². The summed E-state index contributed by atoms with van der Waals surface area (Å²) >= 11 is 0. The van der Waals surface area contributed by atoms with Gasteiger partial charge in [0.25, 0.3) is 0 Å². The van der Waals surface area contributed by atoms with Crippen LogP contribution in [0.25, 0.3) is 0 Å². The molecule has 0 heterocycles. The average Bonchev–Trinajstić information content (AvgIpc) is 2.67. The predicted octanol–water partition coefficient (Wildman–Crippen LogP) is 4.64. The van der Waals surface area contributed by atoms with Crippen LogP contribution in [0.5, 0.6) is 0 Å². The van der Waals surface area contributed by atoms with Gasteiger partial charge in [-0.05, 0) is 42.9 Å². The second kappa shape index (κ2) is 5.98. The third kappa shape index (κ3) is 2.38. The number of hydrogen-bond donors (Lipinski definition) is 0. The molecular weight excluding hydrogens is 263 g/mol. The second-order valence-electron chi connectivity index (χ2n) is 5.55. The molecule has 2 heteroatoms. The van der Waals surface area contributed by atoms with Crippen LogP contribution in [0.15, 0.2) is 54.6 Å².